The topological polar surface area (TPSA) is 169 Å². The summed E-state index contributed by atoms with van der Waals surface area (Å²) in [6.07, 6.45) is 50.3. The summed E-state index contributed by atoms with van der Waals surface area (Å²) in [5, 5.41) is 21.8. The molecule has 0 aliphatic carbocycles. The van der Waals surface area contributed by atoms with E-state index in [4.69, 9.17) is 13.8 Å². The molecule has 0 aromatic carbocycles. The number of carbonyl (C=O) groups is 3. The Morgan fingerprint density at radius 2 is 1.03 bits per heavy atom. The number of ether oxygens (including phenoxy) is 1. The smallest absolute Gasteiger partial charge is 0.472 e. The summed E-state index contributed by atoms with van der Waals surface area (Å²) >= 11 is 0. The van der Waals surface area contributed by atoms with Gasteiger partial charge in [0.2, 0.25) is 5.91 Å². The minimum atomic E-state index is -4.78. The van der Waals surface area contributed by atoms with Gasteiger partial charge in [0, 0.05) is 6.42 Å². The van der Waals surface area contributed by atoms with Crippen LogP contribution in [0.5, 0.6) is 0 Å². The van der Waals surface area contributed by atoms with Crippen LogP contribution in [0.1, 0.15) is 142 Å². The van der Waals surface area contributed by atoms with Crippen LogP contribution in [0.2, 0.25) is 0 Å². The number of unbranched alkanes of at least 4 members (excludes halogenated alkanes) is 9. The molecule has 0 aliphatic rings. The van der Waals surface area contributed by atoms with Gasteiger partial charge in [-0.3, -0.25) is 18.6 Å². The Balaban J connectivity index is 4.06. The number of phosphoric acid groups is 1. The van der Waals surface area contributed by atoms with Crippen LogP contribution in [-0.2, 0) is 32.7 Å². The number of phosphoric ester groups is 1. The fourth-order valence-corrected chi connectivity index (χ4v) is 5.87. The molecule has 0 aromatic rings. The van der Waals surface area contributed by atoms with E-state index in [1.54, 1.807) is 6.08 Å². The van der Waals surface area contributed by atoms with Crippen molar-refractivity contribution in [3.63, 3.8) is 0 Å². The van der Waals surface area contributed by atoms with E-state index >= 15 is 0 Å². The predicted octanol–water partition coefficient (Wildman–Crippen LogP) is 10.9. The van der Waals surface area contributed by atoms with Gasteiger partial charge in [0.05, 0.1) is 19.6 Å². The SMILES string of the molecule is CC/C=C\C/C=C\C/C=C\C/C=C\C/C=C\C/C=C\C/C=C\CC(=O)OCC(O)COP(=O)(O)OCC(NC(=O)CCCCCCC/C=C\CCCCCC)C(=O)O. The minimum absolute atomic E-state index is 0.0166. The van der Waals surface area contributed by atoms with Crippen LogP contribution >= 0.6 is 7.82 Å². The Kier molecular flexibility index (Phi) is 37.7. The summed E-state index contributed by atoms with van der Waals surface area (Å²) < 4.78 is 26.7. The van der Waals surface area contributed by atoms with Crippen LogP contribution < -0.4 is 5.32 Å². The lowest BCUT2D eigenvalue weighted by molar-refractivity contribution is -0.146. The van der Waals surface area contributed by atoms with Crippen molar-refractivity contribution >= 4 is 25.7 Å². The number of carbonyl (C=O) groups excluding carboxylic acids is 2. The van der Waals surface area contributed by atoms with E-state index < -0.39 is 57.6 Å². The van der Waals surface area contributed by atoms with E-state index in [0.29, 0.717) is 12.8 Å². The maximum Gasteiger partial charge on any atom is 0.472 e. The van der Waals surface area contributed by atoms with Crippen molar-refractivity contribution in [1.29, 1.82) is 0 Å². The molecule has 0 saturated carbocycles. The minimum Gasteiger partial charge on any atom is -0.480 e. The van der Waals surface area contributed by atoms with Crippen molar-refractivity contribution in [2.24, 2.45) is 0 Å². The number of hydrogen-bond donors (Lipinski definition) is 4. The van der Waals surface area contributed by atoms with Crippen molar-refractivity contribution in [1.82, 2.24) is 5.32 Å². The number of aliphatic hydroxyl groups excluding tert-OH is 1. The number of amides is 1. The summed E-state index contributed by atoms with van der Waals surface area (Å²) in [7, 11) is -4.78. The number of nitrogens with one attached hydrogen (secondary N) is 1. The molecule has 12 heteroatoms. The fourth-order valence-electron chi connectivity index (χ4n) is 5.10. The van der Waals surface area contributed by atoms with Crippen molar-refractivity contribution < 1.29 is 47.8 Å². The second-order valence-electron chi connectivity index (χ2n) is 13.8. The highest BCUT2D eigenvalue weighted by Crippen LogP contribution is 2.43. The number of allylic oxidation sites excluding steroid dienone is 15. The van der Waals surface area contributed by atoms with Gasteiger partial charge in [0.15, 0.2) is 6.04 Å². The van der Waals surface area contributed by atoms with Gasteiger partial charge in [0.25, 0.3) is 0 Å². The maximum absolute atomic E-state index is 12.3. The average Bonchev–Trinajstić information content (AvgIpc) is 3.20. The zero-order valence-electron chi connectivity index (χ0n) is 35.3. The Labute approximate surface area is 349 Å². The molecule has 0 aromatic heterocycles. The fraction of sp³-hybridized carbons (Fsp3) is 0.587. The van der Waals surface area contributed by atoms with Crippen LogP contribution in [-0.4, -0.2) is 64.9 Å². The molecule has 3 unspecified atom stereocenters. The first-order chi connectivity index (χ1) is 28.1. The van der Waals surface area contributed by atoms with Gasteiger partial charge in [0.1, 0.15) is 12.7 Å². The first-order valence-corrected chi connectivity index (χ1v) is 22.8. The molecule has 0 aliphatic heterocycles. The highest BCUT2D eigenvalue weighted by atomic mass is 31.2. The lowest BCUT2D eigenvalue weighted by Crippen LogP contribution is -2.43. The molecule has 0 bridgehead atoms. The number of aliphatic hydroxyl groups is 1. The molecule has 4 N–H and O–H groups in total. The maximum atomic E-state index is 12.3. The highest BCUT2D eigenvalue weighted by molar-refractivity contribution is 7.47. The van der Waals surface area contributed by atoms with E-state index in [0.717, 1.165) is 77.0 Å². The van der Waals surface area contributed by atoms with Crippen LogP contribution in [0, 0.1) is 0 Å². The molecule has 0 spiro atoms. The summed E-state index contributed by atoms with van der Waals surface area (Å²) in [6, 6.07) is -1.57. The van der Waals surface area contributed by atoms with Crippen LogP contribution in [0.15, 0.2) is 97.2 Å². The average molecular weight is 832 g/mol. The zero-order valence-corrected chi connectivity index (χ0v) is 36.2. The van der Waals surface area contributed by atoms with Crippen LogP contribution in [0.3, 0.4) is 0 Å². The third kappa shape index (κ3) is 39.2. The zero-order chi connectivity index (χ0) is 42.8. The first-order valence-electron chi connectivity index (χ1n) is 21.3. The van der Waals surface area contributed by atoms with Crippen molar-refractivity contribution in [2.45, 2.75) is 154 Å². The Morgan fingerprint density at radius 1 is 0.586 bits per heavy atom. The monoisotopic (exact) mass is 832 g/mol. The summed E-state index contributed by atoms with van der Waals surface area (Å²) in [5.41, 5.74) is 0. The molecule has 0 rings (SSSR count). The Bertz CT molecular complexity index is 1350. The number of carboxylic acid groups (broad SMARTS) is 1. The number of carboxylic acids is 1. The summed E-state index contributed by atoms with van der Waals surface area (Å²) in [6.45, 7) is 2.32. The van der Waals surface area contributed by atoms with Gasteiger partial charge in [-0.15, -0.1) is 0 Å². The molecule has 328 valence electrons. The second-order valence-corrected chi connectivity index (χ2v) is 15.3. The van der Waals surface area contributed by atoms with Crippen molar-refractivity contribution in [2.75, 3.05) is 19.8 Å². The first kappa shape index (κ1) is 54.4. The van der Waals surface area contributed by atoms with Crippen LogP contribution in [0.25, 0.3) is 0 Å². The lowest BCUT2D eigenvalue weighted by Gasteiger charge is -2.18. The largest absolute Gasteiger partial charge is 0.480 e. The Morgan fingerprint density at radius 3 is 1.53 bits per heavy atom. The Hall–Kier alpha value is -3.60. The molecule has 58 heavy (non-hydrogen) atoms. The summed E-state index contributed by atoms with van der Waals surface area (Å²) in [5.74, 6) is -2.54. The third-order valence-electron chi connectivity index (χ3n) is 8.39. The van der Waals surface area contributed by atoms with Crippen molar-refractivity contribution in [3.8, 4) is 0 Å². The normalized spacial score (nSPS) is 14.7. The molecule has 3 atom stereocenters. The summed E-state index contributed by atoms with van der Waals surface area (Å²) in [4.78, 5) is 45.8. The molecule has 0 saturated heterocycles. The molecular formula is C46H74NO10P. The van der Waals surface area contributed by atoms with Gasteiger partial charge >= 0.3 is 19.8 Å². The third-order valence-corrected chi connectivity index (χ3v) is 9.34. The highest BCUT2D eigenvalue weighted by Gasteiger charge is 2.28. The van der Waals surface area contributed by atoms with Gasteiger partial charge in [-0.25, -0.2) is 9.36 Å². The molecular weight excluding hydrogens is 757 g/mol. The molecule has 0 heterocycles. The predicted molar refractivity (Wildman–Crippen MR) is 235 cm³/mol. The van der Waals surface area contributed by atoms with Gasteiger partial charge in [-0.2, -0.15) is 0 Å². The van der Waals surface area contributed by atoms with Crippen LogP contribution in [0.4, 0.5) is 0 Å². The molecule has 1 amide bonds. The van der Waals surface area contributed by atoms with E-state index in [-0.39, 0.29) is 12.8 Å². The molecule has 0 fully saturated rings. The second kappa shape index (κ2) is 40.2. The van der Waals surface area contributed by atoms with Crippen molar-refractivity contribution in [3.05, 3.63) is 97.2 Å². The number of rotatable bonds is 38. The lowest BCUT2D eigenvalue weighted by atomic mass is 10.1. The van der Waals surface area contributed by atoms with E-state index in [1.165, 1.54) is 25.7 Å². The van der Waals surface area contributed by atoms with E-state index in [2.05, 4.69) is 92.1 Å². The van der Waals surface area contributed by atoms with Gasteiger partial charge < -0.3 is 25.2 Å². The van der Waals surface area contributed by atoms with E-state index in [1.807, 2.05) is 18.2 Å². The molecule has 0 radical (unpaired) electrons. The number of hydrogen-bond acceptors (Lipinski definition) is 8. The number of esters is 1. The number of aliphatic carboxylic acids is 1. The van der Waals surface area contributed by atoms with Gasteiger partial charge in [-0.1, -0.05) is 150 Å². The van der Waals surface area contributed by atoms with Gasteiger partial charge in [-0.05, 0) is 77.0 Å². The van der Waals surface area contributed by atoms with E-state index in [9.17, 15) is 34.1 Å². The quantitative estimate of drug-likeness (QED) is 0.0203. The standard InChI is InChI=1S/C46H74NO10P/c1-3-5-7-9-11-13-15-17-18-19-20-21-22-23-24-26-28-30-32-34-36-38-45(50)55-39-42(48)40-56-58(53,54)57-41-43(46(51)52)47-44(49)37-35-33-31-29-27-25-16-14-12-10-8-6-4-2/h5,7,11,13-14,16-18,20-21,23-24,28,30,34,36,42-43,48H,3-4,6,8-10,12,15,19,22,25-27,29,31-33,35,37-41H2,1-2H3,(H,47,49)(H,51,52)(H,53,54)/b7-5-,13-11-,16-14-,18-17-,21-20-,24-23-,30-28-,36-34-. The molecule has 11 nitrogen and oxygen atoms in total.